The number of rotatable bonds is 3. The van der Waals surface area contributed by atoms with Crippen LogP contribution in [0.25, 0.3) is 0 Å². The third-order valence-electron chi connectivity index (χ3n) is 2.35. The molecule has 19 heavy (non-hydrogen) atoms. The summed E-state index contributed by atoms with van der Waals surface area (Å²) >= 11 is 0. The van der Waals surface area contributed by atoms with Crippen molar-refractivity contribution in [3.63, 3.8) is 0 Å². The van der Waals surface area contributed by atoms with Crippen LogP contribution in [0.2, 0.25) is 0 Å². The van der Waals surface area contributed by atoms with Gasteiger partial charge in [0.25, 0.3) is 0 Å². The third kappa shape index (κ3) is 4.14. The molecule has 0 spiro atoms. The van der Waals surface area contributed by atoms with Crippen molar-refractivity contribution in [1.82, 2.24) is 0 Å². The standard InChI is InChI=1S/C9H12O7S.2Na/c10-4-17(12,13,14)9(11)6-1-2-7-8(3-6)16-5-15-7;;/h1-3,9-11H,4-5H2,(H2,12,13,14);;/q;2*+1/p-2. The first-order valence-corrected chi connectivity index (χ1v) is 6.66. The van der Waals surface area contributed by atoms with Crippen molar-refractivity contribution in [3.8, 4) is 11.5 Å². The number of sulfone groups is 3. The van der Waals surface area contributed by atoms with Crippen LogP contribution in [0.5, 0.6) is 11.5 Å². The van der Waals surface area contributed by atoms with E-state index in [2.05, 4.69) is 0 Å². The van der Waals surface area contributed by atoms with Gasteiger partial charge in [-0.1, -0.05) is 6.07 Å². The van der Waals surface area contributed by atoms with Gasteiger partial charge in [-0.05, 0) is 17.7 Å². The van der Waals surface area contributed by atoms with Crippen molar-refractivity contribution in [3.05, 3.63) is 23.8 Å². The molecular formula is C9H10Na2O7S. The molecule has 96 valence electrons. The van der Waals surface area contributed by atoms with Crippen molar-refractivity contribution in [1.29, 1.82) is 0 Å². The number of hydrogen-bond acceptors (Lipinski definition) is 7. The van der Waals surface area contributed by atoms with Gasteiger partial charge in [0.1, 0.15) is 5.44 Å². The van der Waals surface area contributed by atoms with Crippen LogP contribution in [0.15, 0.2) is 18.2 Å². The topological polar surface area (TPSA) is 122 Å². The van der Waals surface area contributed by atoms with Crippen LogP contribution in [-0.2, 0) is 9.63 Å². The quantitative estimate of drug-likeness (QED) is 0.532. The van der Waals surface area contributed by atoms with Gasteiger partial charge in [0, 0.05) is 0 Å². The number of fused-ring (bicyclic) bond motifs is 1. The van der Waals surface area contributed by atoms with E-state index in [1.165, 1.54) is 18.2 Å². The Hall–Kier alpha value is 0.810. The second-order valence-corrected chi connectivity index (χ2v) is 6.34. The van der Waals surface area contributed by atoms with Gasteiger partial charge in [-0.3, -0.25) is 0 Å². The van der Waals surface area contributed by atoms with Gasteiger partial charge in [0.2, 0.25) is 6.79 Å². The molecule has 2 rings (SSSR count). The summed E-state index contributed by atoms with van der Waals surface area (Å²) in [5.41, 5.74) is -2.52. The molecule has 2 N–H and O–H groups in total. The first-order chi connectivity index (χ1) is 7.82. The summed E-state index contributed by atoms with van der Waals surface area (Å²) in [5, 5.41) is 18.1. The van der Waals surface area contributed by atoms with Gasteiger partial charge in [0.05, 0.1) is 5.94 Å². The SMILES string of the molecule is O=S([O-])([O-])(CO)C(O)c1ccc2c(c1)OCO2.[Na+].[Na+]. The summed E-state index contributed by atoms with van der Waals surface area (Å²) in [5.74, 6) is -1.04. The summed E-state index contributed by atoms with van der Waals surface area (Å²) in [7, 11) is -6.00. The molecule has 1 unspecified atom stereocenters. The van der Waals surface area contributed by atoms with Crippen molar-refractivity contribution in [2.75, 3.05) is 12.7 Å². The molecule has 0 saturated carbocycles. The van der Waals surface area contributed by atoms with E-state index in [-0.39, 0.29) is 77.2 Å². The van der Waals surface area contributed by atoms with E-state index in [4.69, 9.17) is 14.6 Å². The zero-order chi connectivity index (χ0) is 12.7. The van der Waals surface area contributed by atoms with Crippen LogP contribution in [0.4, 0.5) is 0 Å². The van der Waals surface area contributed by atoms with Crippen molar-refractivity contribution < 1.29 is 92.1 Å². The minimum Gasteiger partial charge on any atom is -0.795 e. The second kappa shape index (κ2) is 6.71. The van der Waals surface area contributed by atoms with E-state index >= 15 is 0 Å². The maximum absolute atomic E-state index is 11.3. The van der Waals surface area contributed by atoms with Crippen molar-refractivity contribution >= 4 is 9.63 Å². The summed E-state index contributed by atoms with van der Waals surface area (Å²) in [4.78, 5) is 0. The van der Waals surface area contributed by atoms with Gasteiger partial charge in [-0.2, -0.15) is 9.63 Å². The Balaban J connectivity index is 0.00000162. The Morgan fingerprint density at radius 1 is 1.26 bits per heavy atom. The fourth-order valence-corrected chi connectivity index (χ4v) is 2.21. The Kier molecular flexibility index (Phi) is 7.00. The Labute approximate surface area is 153 Å². The molecule has 0 aromatic heterocycles. The predicted molar refractivity (Wildman–Crippen MR) is 54.3 cm³/mol. The molecule has 1 atom stereocenters. The average molecular weight is 308 g/mol. The molecule has 0 amide bonds. The molecule has 1 heterocycles. The summed E-state index contributed by atoms with van der Waals surface area (Å²) in [6.45, 7) is -0.0111. The monoisotopic (exact) mass is 308 g/mol. The molecule has 1 aromatic carbocycles. The molecule has 1 aliphatic heterocycles. The van der Waals surface area contributed by atoms with Crippen molar-refractivity contribution in [2.24, 2.45) is 0 Å². The molecule has 0 aliphatic carbocycles. The Morgan fingerprint density at radius 2 is 1.84 bits per heavy atom. The summed E-state index contributed by atoms with van der Waals surface area (Å²) in [6.07, 6.45) is 0. The fraction of sp³-hybridized carbons (Fsp3) is 0.333. The normalized spacial score (nSPS) is 16.5. The van der Waals surface area contributed by atoms with E-state index < -0.39 is 21.0 Å². The predicted octanol–water partition coefficient (Wildman–Crippen LogP) is -6.56. The minimum atomic E-state index is -6.00. The molecule has 7 nitrogen and oxygen atoms in total. The van der Waals surface area contributed by atoms with E-state index in [0.717, 1.165) is 0 Å². The van der Waals surface area contributed by atoms with Crippen LogP contribution in [0, 0.1) is 0 Å². The zero-order valence-corrected chi connectivity index (χ0v) is 15.4. The van der Waals surface area contributed by atoms with E-state index in [1.54, 1.807) is 0 Å². The summed E-state index contributed by atoms with van der Waals surface area (Å²) in [6, 6.07) is 3.78. The van der Waals surface area contributed by atoms with Crippen LogP contribution in [-0.4, -0.2) is 36.3 Å². The van der Waals surface area contributed by atoms with Crippen LogP contribution < -0.4 is 68.6 Å². The molecule has 0 radical (unpaired) electrons. The molecule has 0 bridgehead atoms. The molecular weight excluding hydrogens is 298 g/mol. The van der Waals surface area contributed by atoms with Gasteiger partial charge in [-0.15, -0.1) is 0 Å². The van der Waals surface area contributed by atoms with Gasteiger partial charge < -0.3 is 33.0 Å². The first-order valence-electron chi connectivity index (χ1n) is 4.61. The molecule has 10 heteroatoms. The fourth-order valence-electron chi connectivity index (χ4n) is 1.40. The van der Waals surface area contributed by atoms with E-state index in [9.17, 15) is 18.4 Å². The first kappa shape index (κ1) is 19.8. The summed E-state index contributed by atoms with van der Waals surface area (Å²) < 4.78 is 43.8. The number of hydrogen-bond donors (Lipinski definition) is 2. The van der Waals surface area contributed by atoms with Gasteiger partial charge >= 0.3 is 59.1 Å². The largest absolute Gasteiger partial charge is 1.00 e. The number of benzene rings is 1. The molecule has 0 fully saturated rings. The molecule has 0 saturated heterocycles. The number of ether oxygens (including phenoxy) is 2. The maximum atomic E-state index is 11.3. The molecule has 1 aliphatic rings. The number of aliphatic hydroxyl groups excluding tert-OH is 2. The third-order valence-corrected chi connectivity index (χ3v) is 3.95. The Morgan fingerprint density at radius 3 is 2.42 bits per heavy atom. The number of aliphatic hydroxyl groups is 2. The Bertz CT molecular complexity index is 515. The average Bonchev–Trinajstić information content (AvgIpc) is 2.74. The van der Waals surface area contributed by atoms with Crippen LogP contribution >= 0.6 is 0 Å². The smallest absolute Gasteiger partial charge is 0.795 e. The van der Waals surface area contributed by atoms with Crippen LogP contribution in [0.1, 0.15) is 11.0 Å². The van der Waals surface area contributed by atoms with E-state index in [0.29, 0.717) is 5.75 Å². The zero-order valence-electron chi connectivity index (χ0n) is 10.6. The van der Waals surface area contributed by atoms with Crippen LogP contribution in [0.3, 0.4) is 0 Å². The maximum Gasteiger partial charge on any atom is 1.00 e. The van der Waals surface area contributed by atoms with Gasteiger partial charge in [0.15, 0.2) is 11.5 Å². The second-order valence-electron chi connectivity index (χ2n) is 3.61. The van der Waals surface area contributed by atoms with E-state index in [1.807, 2.05) is 0 Å². The van der Waals surface area contributed by atoms with Crippen molar-refractivity contribution in [2.45, 2.75) is 5.44 Å². The van der Waals surface area contributed by atoms with Gasteiger partial charge in [-0.25, -0.2) is 0 Å². The molecule has 1 aromatic rings. The minimum absolute atomic E-state index is 0.